The molecule has 0 spiro atoms. The number of hydrogen-bond acceptors (Lipinski definition) is 6. The second-order valence-corrected chi connectivity index (χ2v) is 11.9. The number of ether oxygens (including phenoxy) is 1. The van der Waals surface area contributed by atoms with Crippen molar-refractivity contribution < 1.29 is 21.8 Å². The molecule has 8 heteroatoms. The Morgan fingerprint density at radius 1 is 1.23 bits per heavy atom. The fraction of sp³-hybridized carbons (Fsp3) is 0.481. The molecule has 0 bridgehead atoms. The van der Waals surface area contributed by atoms with Gasteiger partial charge in [-0.2, -0.15) is 12.3 Å². The van der Waals surface area contributed by atoms with Gasteiger partial charge < -0.3 is 10.5 Å². The summed E-state index contributed by atoms with van der Waals surface area (Å²) >= 11 is 5.90. The number of sulfonamides is 1. The van der Waals surface area contributed by atoms with Gasteiger partial charge in [0.05, 0.1) is 7.11 Å². The van der Waals surface area contributed by atoms with E-state index in [9.17, 15) is 13.2 Å². The van der Waals surface area contributed by atoms with Gasteiger partial charge in [0, 0.05) is 18.4 Å². The van der Waals surface area contributed by atoms with Gasteiger partial charge in [-0.15, -0.1) is 0 Å². The summed E-state index contributed by atoms with van der Waals surface area (Å²) in [6.07, 6.45) is 14.0. The minimum absolute atomic E-state index is 0.0688. The van der Waals surface area contributed by atoms with Crippen LogP contribution in [0, 0.1) is 18.8 Å². The highest BCUT2D eigenvalue weighted by Gasteiger charge is 2.56. The summed E-state index contributed by atoms with van der Waals surface area (Å²) in [7, 11) is -2.85. The number of hydrogen-bond donors (Lipinski definition) is 1. The molecule has 2 N–H and O–H groups in total. The number of benzene rings is 1. The molecule has 0 aliphatic heterocycles. The number of carbonyl (C=O) groups excluding carboxylic acids is 1. The Balaban J connectivity index is 2.75. The van der Waals surface area contributed by atoms with Crippen LogP contribution in [0.25, 0.3) is 0 Å². The topological polar surface area (TPSA) is 86.5 Å². The van der Waals surface area contributed by atoms with Gasteiger partial charge in [-0.25, -0.2) is 4.79 Å². The van der Waals surface area contributed by atoms with Crippen molar-refractivity contribution >= 4 is 33.2 Å². The molecule has 0 fully saturated rings. The quantitative estimate of drug-likeness (QED) is 0.140. The van der Waals surface area contributed by atoms with Crippen LogP contribution in [0.15, 0.2) is 65.6 Å². The molecule has 3 atom stereocenters. The maximum Gasteiger partial charge on any atom is 0.366 e. The molecule has 2 rings (SSSR count). The number of rotatable bonds is 12. The lowest BCUT2D eigenvalue weighted by molar-refractivity contribution is -0.732. The molecule has 35 heavy (non-hydrogen) atoms. The summed E-state index contributed by atoms with van der Waals surface area (Å²) in [5.41, 5.74) is 6.65. The van der Waals surface area contributed by atoms with E-state index in [-0.39, 0.29) is 28.3 Å². The summed E-state index contributed by atoms with van der Waals surface area (Å²) in [6, 6.07) is 5.69. The Morgan fingerprint density at radius 3 is 2.46 bits per heavy atom. The first-order valence-electron chi connectivity index (χ1n) is 12.1. The zero-order valence-electron chi connectivity index (χ0n) is 21.2. The third-order valence-corrected chi connectivity index (χ3v) is 9.07. The lowest BCUT2D eigenvalue weighted by Crippen LogP contribution is -2.65. The molecule has 0 heterocycles. The lowest BCUT2D eigenvalue weighted by Gasteiger charge is -2.41. The molecule has 0 radical (unpaired) electrons. The summed E-state index contributed by atoms with van der Waals surface area (Å²) in [5.74, 6) is -0.551. The number of thiocarbonyl (C=S) groups is 1. The van der Waals surface area contributed by atoms with Gasteiger partial charge in [-0.1, -0.05) is 61.9 Å². The van der Waals surface area contributed by atoms with Crippen molar-refractivity contribution in [3.05, 3.63) is 66.3 Å². The number of esters is 1. The predicted molar refractivity (Wildman–Crippen MR) is 145 cm³/mol. The molecule has 2 unspecified atom stereocenters. The van der Waals surface area contributed by atoms with Gasteiger partial charge in [0.2, 0.25) is 11.0 Å². The van der Waals surface area contributed by atoms with E-state index in [1.54, 1.807) is 30.3 Å². The van der Waals surface area contributed by atoms with Crippen molar-refractivity contribution in [2.45, 2.75) is 57.4 Å². The van der Waals surface area contributed by atoms with Crippen molar-refractivity contribution in [2.75, 3.05) is 20.2 Å². The van der Waals surface area contributed by atoms with Crippen LogP contribution in [-0.4, -0.2) is 49.5 Å². The molecular weight excluding hydrogens is 480 g/mol. The van der Waals surface area contributed by atoms with Crippen LogP contribution in [0.5, 0.6) is 0 Å². The first-order valence-corrected chi connectivity index (χ1v) is 14.0. The SMILES string of the molecule is COC(=O)[C@H](CCCCN)[N+](CC(C)C)(C(=S)C=CC1C=CC=CC1)S(=O)(=O)c1ccc(C)cc1. The molecule has 1 aliphatic carbocycles. The zero-order valence-corrected chi connectivity index (χ0v) is 22.9. The van der Waals surface area contributed by atoms with Crippen molar-refractivity contribution in [2.24, 2.45) is 17.6 Å². The van der Waals surface area contributed by atoms with E-state index in [0.717, 1.165) is 12.0 Å². The second kappa shape index (κ2) is 13.3. The molecular formula is C27H39N2O4S2+. The molecule has 6 nitrogen and oxygen atoms in total. The van der Waals surface area contributed by atoms with Crippen LogP contribution in [-0.2, 0) is 19.6 Å². The van der Waals surface area contributed by atoms with Gasteiger partial charge in [-0.05, 0) is 63.0 Å². The van der Waals surface area contributed by atoms with Crippen LogP contribution in [0.3, 0.4) is 0 Å². The van der Waals surface area contributed by atoms with Gasteiger partial charge in [-0.3, -0.25) is 0 Å². The maximum absolute atomic E-state index is 14.5. The standard InChI is InChI=1S/C27H39N2O4S2/c1-21(2)20-29(25(27(30)33-4)12-8-9-19-28,26(34)18-15-23-10-6-5-7-11-23)35(31,32)24-16-13-22(3)14-17-24/h5-7,10,13-18,21,23,25H,8-9,11-12,19-20,28H2,1-4H3/q+1/t23?,25-,29?/m0/s1. The Morgan fingerprint density at radius 2 is 1.91 bits per heavy atom. The van der Waals surface area contributed by atoms with E-state index in [0.29, 0.717) is 25.8 Å². The van der Waals surface area contributed by atoms with Crippen LogP contribution < -0.4 is 5.73 Å². The molecule has 0 amide bonds. The van der Waals surface area contributed by atoms with E-state index in [2.05, 4.69) is 6.08 Å². The number of aryl methyl sites for hydroxylation is 1. The minimum atomic E-state index is -4.14. The van der Waals surface area contributed by atoms with Gasteiger partial charge >= 0.3 is 16.0 Å². The monoisotopic (exact) mass is 519 g/mol. The van der Waals surface area contributed by atoms with Crippen molar-refractivity contribution in [3.8, 4) is 0 Å². The third-order valence-electron chi connectivity index (χ3n) is 6.17. The minimum Gasteiger partial charge on any atom is -0.465 e. The summed E-state index contributed by atoms with van der Waals surface area (Å²) in [4.78, 5) is 13.6. The van der Waals surface area contributed by atoms with Gasteiger partial charge in [0.1, 0.15) is 11.4 Å². The van der Waals surface area contributed by atoms with E-state index < -0.39 is 25.9 Å². The summed E-state index contributed by atoms with van der Waals surface area (Å²) < 4.78 is 33.5. The number of nitrogens with zero attached hydrogens (tertiary/aromatic N) is 1. The van der Waals surface area contributed by atoms with Gasteiger partial charge in [0.15, 0.2) is 0 Å². The van der Waals surface area contributed by atoms with Crippen molar-refractivity contribution in [1.82, 2.24) is 0 Å². The van der Waals surface area contributed by atoms with Gasteiger partial charge in [0.25, 0.3) is 0 Å². The fourth-order valence-electron chi connectivity index (χ4n) is 4.38. The molecule has 1 aromatic carbocycles. The van der Waals surface area contributed by atoms with Crippen LogP contribution in [0.4, 0.5) is 0 Å². The summed E-state index contributed by atoms with van der Waals surface area (Å²) in [6.45, 7) is 6.37. The molecule has 0 saturated heterocycles. The second-order valence-electron chi connectivity index (χ2n) is 9.39. The Labute approximate surface area is 216 Å². The van der Waals surface area contributed by atoms with E-state index >= 15 is 0 Å². The fourth-order valence-corrected chi connectivity index (χ4v) is 7.13. The number of methoxy groups -OCH3 is 1. The predicted octanol–water partition coefficient (Wildman–Crippen LogP) is 4.84. The number of nitrogens with two attached hydrogens (primary N) is 1. The first-order chi connectivity index (χ1) is 16.6. The Bertz CT molecular complexity index is 1060. The maximum atomic E-state index is 14.5. The molecule has 1 aliphatic rings. The largest absolute Gasteiger partial charge is 0.465 e. The highest BCUT2D eigenvalue weighted by atomic mass is 32.2. The Kier molecular flexibility index (Phi) is 11.0. The van der Waals surface area contributed by atoms with E-state index in [1.807, 2.05) is 45.1 Å². The highest BCUT2D eigenvalue weighted by Crippen LogP contribution is 2.35. The zero-order chi connectivity index (χ0) is 26.1. The molecule has 0 aromatic heterocycles. The Hall–Kier alpha value is -2.13. The van der Waals surface area contributed by atoms with Crippen LogP contribution in [0.1, 0.15) is 45.1 Å². The highest BCUT2D eigenvalue weighted by molar-refractivity contribution is 7.88. The lowest BCUT2D eigenvalue weighted by atomic mass is 10.00. The number of carbonyl (C=O) groups is 1. The number of allylic oxidation sites excluding steroid dienone is 5. The molecule has 192 valence electrons. The van der Waals surface area contributed by atoms with E-state index in [4.69, 9.17) is 22.7 Å². The normalized spacial score (nSPS) is 18.5. The van der Waals surface area contributed by atoms with Crippen LogP contribution in [0.2, 0.25) is 0 Å². The van der Waals surface area contributed by atoms with Crippen molar-refractivity contribution in [1.29, 1.82) is 0 Å². The summed E-state index contributed by atoms with van der Waals surface area (Å²) in [5, 5.41) is 0. The average Bonchev–Trinajstić information content (AvgIpc) is 2.84. The smallest absolute Gasteiger partial charge is 0.366 e. The third kappa shape index (κ3) is 6.97. The first kappa shape index (κ1) is 29.1. The van der Waals surface area contributed by atoms with Crippen LogP contribution >= 0.6 is 12.2 Å². The molecule has 1 aromatic rings. The van der Waals surface area contributed by atoms with Crippen molar-refractivity contribution in [3.63, 3.8) is 0 Å². The van der Waals surface area contributed by atoms with E-state index in [1.165, 1.54) is 7.11 Å². The average molecular weight is 520 g/mol. The number of unbranched alkanes of at least 4 members (excludes halogenated alkanes) is 1. The number of quaternary nitrogens is 1. The molecule has 0 saturated carbocycles.